The molecular formula is C13H11N3O3S3. The molecule has 2 aromatic carbocycles. The van der Waals surface area contributed by atoms with Crippen molar-refractivity contribution >= 4 is 42.5 Å². The molecule has 22 heavy (non-hydrogen) atoms. The molecule has 1 heterocycles. The second-order valence-electron chi connectivity index (χ2n) is 4.55. The van der Waals surface area contributed by atoms with Crippen molar-refractivity contribution in [2.45, 2.75) is 9.79 Å². The van der Waals surface area contributed by atoms with Gasteiger partial charge in [-0.3, -0.25) is 0 Å². The van der Waals surface area contributed by atoms with E-state index in [2.05, 4.69) is 12.5 Å². The fourth-order valence-corrected chi connectivity index (χ4v) is 6.01. The number of benzene rings is 2. The van der Waals surface area contributed by atoms with Crippen LogP contribution >= 0.6 is 11.7 Å². The highest BCUT2D eigenvalue weighted by atomic mass is 32.3. The van der Waals surface area contributed by atoms with Crippen LogP contribution in [-0.2, 0) is 19.8 Å². The van der Waals surface area contributed by atoms with Gasteiger partial charge in [-0.25, -0.2) is 4.21 Å². The lowest BCUT2D eigenvalue weighted by molar-refractivity contribution is 0.598. The van der Waals surface area contributed by atoms with E-state index in [1.807, 2.05) is 0 Å². The molecule has 0 aliphatic rings. The smallest absolute Gasteiger partial charge is 0.244 e. The summed E-state index contributed by atoms with van der Waals surface area (Å²) in [5.74, 6) is 0. The van der Waals surface area contributed by atoms with Crippen molar-refractivity contribution in [1.82, 2.24) is 8.75 Å². The van der Waals surface area contributed by atoms with E-state index < -0.39 is 19.8 Å². The van der Waals surface area contributed by atoms with Crippen LogP contribution in [0.4, 0.5) is 0 Å². The predicted octanol–water partition coefficient (Wildman–Crippen LogP) is 2.54. The second kappa shape index (κ2) is 5.41. The Morgan fingerprint density at radius 2 is 1.68 bits per heavy atom. The summed E-state index contributed by atoms with van der Waals surface area (Å²) >= 11 is 0.920. The maximum absolute atomic E-state index is 12.7. The average Bonchev–Trinajstić information content (AvgIpc) is 2.95. The van der Waals surface area contributed by atoms with Crippen LogP contribution in [0.1, 0.15) is 0 Å². The molecule has 0 radical (unpaired) electrons. The monoisotopic (exact) mass is 353 g/mol. The summed E-state index contributed by atoms with van der Waals surface area (Å²) < 4.78 is 49.4. The van der Waals surface area contributed by atoms with E-state index in [1.165, 1.54) is 12.3 Å². The Bertz CT molecular complexity index is 1050. The molecule has 0 saturated heterocycles. The summed E-state index contributed by atoms with van der Waals surface area (Å²) in [6, 6.07) is 12.9. The SMILES string of the molecule is C[S@](=O)(=NS(=O)(=O)c1cccc2nsnc12)c1ccccc1. The summed E-state index contributed by atoms with van der Waals surface area (Å²) in [4.78, 5) is 0.284. The number of hydrogen-bond donors (Lipinski definition) is 0. The Morgan fingerprint density at radius 3 is 2.41 bits per heavy atom. The molecule has 114 valence electrons. The lowest BCUT2D eigenvalue weighted by Gasteiger charge is -2.05. The number of aromatic nitrogens is 2. The summed E-state index contributed by atoms with van der Waals surface area (Å²) in [5, 5.41) is 0. The molecule has 0 aliphatic heterocycles. The molecule has 3 aromatic rings. The van der Waals surface area contributed by atoms with Crippen LogP contribution in [0.3, 0.4) is 0 Å². The van der Waals surface area contributed by atoms with Crippen molar-refractivity contribution in [3.05, 3.63) is 48.5 Å². The lowest BCUT2D eigenvalue weighted by Crippen LogP contribution is -2.05. The third-order valence-electron chi connectivity index (χ3n) is 2.95. The van der Waals surface area contributed by atoms with Crippen LogP contribution in [0, 0.1) is 0 Å². The summed E-state index contributed by atoms with van der Waals surface area (Å²) in [6.45, 7) is 0. The molecule has 0 N–H and O–H groups in total. The second-order valence-corrected chi connectivity index (χ2v) is 9.14. The zero-order valence-corrected chi connectivity index (χ0v) is 13.9. The van der Waals surface area contributed by atoms with Crippen molar-refractivity contribution in [3.63, 3.8) is 0 Å². The van der Waals surface area contributed by atoms with Gasteiger partial charge in [0.1, 0.15) is 15.9 Å². The average molecular weight is 353 g/mol. The molecule has 0 fully saturated rings. The largest absolute Gasteiger partial charge is 0.292 e. The minimum Gasteiger partial charge on any atom is -0.244 e. The molecule has 1 aromatic heterocycles. The van der Waals surface area contributed by atoms with Gasteiger partial charge in [-0.2, -0.15) is 17.2 Å². The molecular weight excluding hydrogens is 342 g/mol. The van der Waals surface area contributed by atoms with Crippen molar-refractivity contribution in [3.8, 4) is 0 Å². The normalized spacial score (nSPS) is 14.6. The Kier molecular flexibility index (Phi) is 3.71. The van der Waals surface area contributed by atoms with Gasteiger partial charge in [-0.1, -0.05) is 24.3 Å². The van der Waals surface area contributed by atoms with E-state index in [0.717, 1.165) is 11.7 Å². The van der Waals surface area contributed by atoms with Gasteiger partial charge in [0.05, 0.1) is 21.5 Å². The van der Waals surface area contributed by atoms with Crippen LogP contribution in [0.25, 0.3) is 11.0 Å². The maximum atomic E-state index is 12.7. The van der Waals surface area contributed by atoms with Crippen LogP contribution in [0.2, 0.25) is 0 Å². The summed E-state index contributed by atoms with van der Waals surface area (Å²) in [7, 11) is -7.18. The summed E-state index contributed by atoms with van der Waals surface area (Å²) in [5.41, 5.74) is 0.725. The molecule has 9 heteroatoms. The van der Waals surface area contributed by atoms with Crippen molar-refractivity contribution in [1.29, 1.82) is 0 Å². The Labute approximate surface area is 132 Å². The third-order valence-corrected chi connectivity index (χ3v) is 7.45. The van der Waals surface area contributed by atoms with Gasteiger partial charge in [0.25, 0.3) is 10.0 Å². The first-order chi connectivity index (χ1) is 10.4. The number of fused-ring (bicyclic) bond motifs is 1. The Hall–Kier alpha value is -1.84. The molecule has 0 saturated carbocycles. The van der Waals surface area contributed by atoms with Gasteiger partial charge >= 0.3 is 0 Å². The van der Waals surface area contributed by atoms with Gasteiger partial charge in [0.2, 0.25) is 0 Å². The number of nitrogens with zero attached hydrogens (tertiary/aromatic N) is 3. The minimum atomic E-state index is -4.11. The Morgan fingerprint density at radius 1 is 0.955 bits per heavy atom. The van der Waals surface area contributed by atoms with Crippen molar-refractivity contribution in [2.24, 2.45) is 3.77 Å². The topological polar surface area (TPSA) is 89.4 Å². The van der Waals surface area contributed by atoms with Gasteiger partial charge < -0.3 is 0 Å². The molecule has 0 spiro atoms. The zero-order valence-electron chi connectivity index (χ0n) is 11.4. The van der Waals surface area contributed by atoms with E-state index in [9.17, 15) is 12.6 Å². The highest BCUT2D eigenvalue weighted by Gasteiger charge is 2.21. The van der Waals surface area contributed by atoms with Crippen LogP contribution in [0.5, 0.6) is 0 Å². The quantitative estimate of drug-likeness (QED) is 0.722. The molecule has 1 atom stereocenters. The van der Waals surface area contributed by atoms with Gasteiger partial charge in [0.15, 0.2) is 0 Å². The fourth-order valence-electron chi connectivity index (χ4n) is 1.93. The number of rotatable bonds is 3. The first kappa shape index (κ1) is 15.1. The van der Waals surface area contributed by atoms with E-state index in [4.69, 9.17) is 0 Å². The van der Waals surface area contributed by atoms with E-state index >= 15 is 0 Å². The van der Waals surface area contributed by atoms with Crippen LogP contribution in [0.15, 0.2) is 62.1 Å². The number of sulfonamides is 1. The van der Waals surface area contributed by atoms with Crippen molar-refractivity contribution in [2.75, 3.05) is 6.26 Å². The lowest BCUT2D eigenvalue weighted by atomic mass is 10.3. The molecule has 3 rings (SSSR count). The first-order valence-electron chi connectivity index (χ1n) is 6.15. The maximum Gasteiger partial charge on any atom is 0.292 e. The van der Waals surface area contributed by atoms with Gasteiger partial charge in [-0.05, 0) is 24.3 Å². The van der Waals surface area contributed by atoms with Crippen LogP contribution in [-0.4, -0.2) is 27.6 Å². The third kappa shape index (κ3) is 2.74. The number of hydrogen-bond acceptors (Lipinski definition) is 6. The van der Waals surface area contributed by atoms with Crippen LogP contribution < -0.4 is 0 Å². The standard InChI is InChI=1S/C13H11N3O3S3/c1-21(17,10-6-3-2-4-7-10)16-22(18,19)12-9-5-8-11-13(12)15-20-14-11/h2-9H,1H3/t21-/m1/s1. The van der Waals surface area contributed by atoms with Gasteiger partial charge in [-0.15, -0.1) is 3.77 Å². The summed E-state index contributed by atoms with van der Waals surface area (Å²) in [6.07, 6.45) is 1.30. The molecule has 0 unspecified atom stereocenters. The van der Waals surface area contributed by atoms with E-state index in [1.54, 1.807) is 42.5 Å². The Balaban J connectivity index is 2.21. The fraction of sp³-hybridized carbons (Fsp3) is 0.0769. The first-order valence-corrected chi connectivity index (χ1v) is 10.2. The van der Waals surface area contributed by atoms with Gasteiger partial charge in [0, 0.05) is 11.2 Å². The van der Waals surface area contributed by atoms with E-state index in [-0.39, 0.29) is 10.4 Å². The molecule has 0 bridgehead atoms. The van der Waals surface area contributed by atoms with Crippen molar-refractivity contribution < 1.29 is 12.6 Å². The molecule has 0 amide bonds. The van der Waals surface area contributed by atoms with E-state index in [0.29, 0.717) is 10.4 Å². The zero-order chi connectivity index (χ0) is 15.8. The highest BCUT2D eigenvalue weighted by Crippen LogP contribution is 2.24. The predicted molar refractivity (Wildman–Crippen MR) is 85.8 cm³/mol. The highest BCUT2D eigenvalue weighted by molar-refractivity contribution is 8.03. The molecule has 6 nitrogen and oxygen atoms in total. The molecule has 0 aliphatic carbocycles. The minimum absolute atomic E-state index is 0.0794.